The third kappa shape index (κ3) is 4.13. The van der Waals surface area contributed by atoms with E-state index in [0.717, 1.165) is 31.7 Å². The zero-order valence-electron chi connectivity index (χ0n) is 16.2. The van der Waals surface area contributed by atoms with Crippen LogP contribution >= 0.6 is 0 Å². The van der Waals surface area contributed by atoms with Gasteiger partial charge in [0.25, 0.3) is 5.69 Å². The van der Waals surface area contributed by atoms with Crippen LogP contribution in [0.1, 0.15) is 12.8 Å². The van der Waals surface area contributed by atoms with Crippen LogP contribution in [0, 0.1) is 16.0 Å². The molecule has 0 N–H and O–H groups in total. The van der Waals surface area contributed by atoms with Crippen LogP contribution < -0.4 is 9.80 Å². The van der Waals surface area contributed by atoms with Gasteiger partial charge >= 0.3 is 0 Å². The molecule has 0 spiro atoms. The minimum atomic E-state index is -0.349. The smallest absolute Gasteiger partial charge is 0.292 e. The number of nitrogens with zero attached hydrogens (tertiary/aromatic N) is 6. The van der Waals surface area contributed by atoms with E-state index in [1.165, 1.54) is 6.07 Å². The number of benzene rings is 1. The number of piperazine rings is 1. The van der Waals surface area contributed by atoms with Gasteiger partial charge in [-0.15, -0.1) is 0 Å². The van der Waals surface area contributed by atoms with Crippen molar-refractivity contribution in [3.63, 3.8) is 0 Å². The van der Waals surface area contributed by atoms with Gasteiger partial charge in [-0.05, 0) is 18.9 Å². The molecular weight excluding hydrogens is 372 g/mol. The van der Waals surface area contributed by atoms with Crippen molar-refractivity contribution in [2.75, 3.05) is 49.1 Å². The summed E-state index contributed by atoms with van der Waals surface area (Å²) in [6.45, 7) is 3.99. The highest BCUT2D eigenvalue weighted by atomic mass is 16.6. The molecule has 0 saturated carbocycles. The zero-order chi connectivity index (χ0) is 20.2. The molecule has 3 heterocycles. The molecule has 2 aliphatic heterocycles. The first-order valence-electron chi connectivity index (χ1n) is 9.91. The Kier molecular flexibility index (Phi) is 5.55. The lowest BCUT2D eigenvalue weighted by Crippen LogP contribution is -2.51. The van der Waals surface area contributed by atoms with Crippen LogP contribution in [-0.2, 0) is 4.79 Å². The Morgan fingerprint density at radius 2 is 1.72 bits per heavy atom. The molecule has 2 aromatic rings. The molecule has 0 bridgehead atoms. The maximum absolute atomic E-state index is 13.0. The Morgan fingerprint density at radius 1 is 1.00 bits per heavy atom. The van der Waals surface area contributed by atoms with E-state index in [4.69, 9.17) is 0 Å². The highest BCUT2D eigenvalue weighted by Crippen LogP contribution is 2.29. The molecule has 2 saturated heterocycles. The Morgan fingerprint density at radius 3 is 2.38 bits per heavy atom. The van der Waals surface area contributed by atoms with Crippen LogP contribution in [0.5, 0.6) is 0 Å². The minimum absolute atomic E-state index is 0.0283. The fourth-order valence-electron chi connectivity index (χ4n) is 4.12. The molecule has 0 atom stereocenters. The number of carbonyl (C=O) groups is 1. The number of carbonyl (C=O) groups excluding carboxylic acids is 1. The van der Waals surface area contributed by atoms with Crippen molar-refractivity contribution in [1.82, 2.24) is 14.9 Å². The van der Waals surface area contributed by atoms with Crippen LogP contribution in [0.3, 0.4) is 0 Å². The van der Waals surface area contributed by atoms with Gasteiger partial charge in [-0.2, -0.15) is 0 Å². The summed E-state index contributed by atoms with van der Waals surface area (Å²) in [4.78, 5) is 38.4. The summed E-state index contributed by atoms with van der Waals surface area (Å²) in [6, 6.07) is 6.79. The number of nitro benzene ring substituents is 1. The standard InChI is InChI=1S/C20H24N6O3/c27-20(16-5-9-24(10-6-16)19-15-21-7-8-22-19)25-13-11-23(12-14-25)17-3-1-2-4-18(17)26(28)29/h1-4,7-8,15-16H,5-6,9-14H2. The summed E-state index contributed by atoms with van der Waals surface area (Å²) < 4.78 is 0. The number of piperidine rings is 1. The number of nitro groups is 1. The monoisotopic (exact) mass is 396 g/mol. The van der Waals surface area contributed by atoms with Crippen molar-refractivity contribution in [3.8, 4) is 0 Å². The average molecular weight is 396 g/mol. The SMILES string of the molecule is O=C(C1CCN(c2cnccn2)CC1)N1CCN(c2ccccc2[N+](=O)[O-])CC1. The molecule has 9 heteroatoms. The van der Waals surface area contributed by atoms with Crippen LogP contribution in [0.2, 0.25) is 0 Å². The number of para-hydroxylation sites is 2. The van der Waals surface area contributed by atoms with Crippen LogP contribution in [-0.4, -0.2) is 65.0 Å². The number of amides is 1. The van der Waals surface area contributed by atoms with E-state index < -0.39 is 0 Å². The van der Waals surface area contributed by atoms with E-state index in [0.29, 0.717) is 31.9 Å². The molecule has 152 valence electrons. The summed E-state index contributed by atoms with van der Waals surface area (Å²) in [5.41, 5.74) is 0.741. The predicted octanol–water partition coefficient (Wildman–Crippen LogP) is 1.95. The number of rotatable bonds is 4. The molecule has 9 nitrogen and oxygen atoms in total. The molecule has 29 heavy (non-hydrogen) atoms. The van der Waals surface area contributed by atoms with Gasteiger partial charge in [0.15, 0.2) is 0 Å². The molecule has 1 aromatic heterocycles. The molecular formula is C20H24N6O3. The lowest BCUT2D eigenvalue weighted by Gasteiger charge is -2.39. The maximum atomic E-state index is 13.0. The first-order chi connectivity index (χ1) is 14.1. The van der Waals surface area contributed by atoms with E-state index in [-0.39, 0.29) is 22.4 Å². The zero-order valence-corrected chi connectivity index (χ0v) is 16.2. The highest BCUT2D eigenvalue weighted by molar-refractivity contribution is 5.79. The van der Waals surface area contributed by atoms with Gasteiger partial charge in [-0.1, -0.05) is 12.1 Å². The van der Waals surface area contributed by atoms with E-state index in [1.54, 1.807) is 30.7 Å². The average Bonchev–Trinajstić information content (AvgIpc) is 2.79. The second-order valence-corrected chi connectivity index (χ2v) is 7.38. The highest BCUT2D eigenvalue weighted by Gasteiger charge is 2.31. The molecule has 2 aliphatic rings. The largest absolute Gasteiger partial charge is 0.362 e. The van der Waals surface area contributed by atoms with Crippen LogP contribution in [0.25, 0.3) is 0 Å². The Labute approximate surface area is 169 Å². The molecule has 2 fully saturated rings. The fourth-order valence-corrected chi connectivity index (χ4v) is 4.12. The van der Waals surface area contributed by atoms with Gasteiger partial charge < -0.3 is 14.7 Å². The number of anilines is 2. The maximum Gasteiger partial charge on any atom is 0.292 e. The topological polar surface area (TPSA) is 95.7 Å². The van der Waals surface area contributed by atoms with Crippen LogP contribution in [0.4, 0.5) is 17.2 Å². The summed E-state index contributed by atoms with van der Waals surface area (Å²) in [6.07, 6.45) is 6.70. The summed E-state index contributed by atoms with van der Waals surface area (Å²) in [5, 5.41) is 11.3. The van der Waals surface area contributed by atoms with Gasteiger partial charge in [0, 0.05) is 63.6 Å². The Hall–Kier alpha value is -3.23. The van der Waals surface area contributed by atoms with Gasteiger partial charge in [-0.3, -0.25) is 19.9 Å². The summed E-state index contributed by atoms with van der Waals surface area (Å²) in [5.74, 6) is 1.09. The molecule has 0 aliphatic carbocycles. The van der Waals surface area contributed by atoms with Crippen molar-refractivity contribution in [2.24, 2.45) is 5.92 Å². The third-order valence-corrected chi connectivity index (χ3v) is 5.73. The van der Waals surface area contributed by atoms with Gasteiger partial charge in [0.2, 0.25) is 5.91 Å². The third-order valence-electron chi connectivity index (χ3n) is 5.73. The number of hydrogen-bond acceptors (Lipinski definition) is 7. The Balaban J connectivity index is 1.32. The Bertz CT molecular complexity index is 862. The van der Waals surface area contributed by atoms with Crippen molar-refractivity contribution in [2.45, 2.75) is 12.8 Å². The van der Waals surface area contributed by atoms with E-state index in [1.807, 2.05) is 15.9 Å². The lowest BCUT2D eigenvalue weighted by molar-refractivity contribution is -0.384. The molecule has 1 aromatic carbocycles. The fraction of sp³-hybridized carbons (Fsp3) is 0.450. The summed E-state index contributed by atoms with van der Waals surface area (Å²) >= 11 is 0. The van der Waals surface area contributed by atoms with Gasteiger partial charge in [0.05, 0.1) is 11.1 Å². The molecule has 0 radical (unpaired) electrons. The van der Waals surface area contributed by atoms with E-state index in [9.17, 15) is 14.9 Å². The summed E-state index contributed by atoms with van der Waals surface area (Å²) in [7, 11) is 0. The van der Waals surface area contributed by atoms with Crippen LogP contribution in [0.15, 0.2) is 42.9 Å². The van der Waals surface area contributed by atoms with Gasteiger partial charge in [0.1, 0.15) is 11.5 Å². The molecule has 4 rings (SSSR count). The second-order valence-electron chi connectivity index (χ2n) is 7.38. The minimum Gasteiger partial charge on any atom is -0.362 e. The van der Waals surface area contributed by atoms with Gasteiger partial charge in [-0.25, -0.2) is 4.98 Å². The van der Waals surface area contributed by atoms with E-state index >= 15 is 0 Å². The first-order valence-corrected chi connectivity index (χ1v) is 9.91. The predicted molar refractivity (Wildman–Crippen MR) is 109 cm³/mol. The molecule has 0 unspecified atom stereocenters. The molecule has 1 amide bonds. The second kappa shape index (κ2) is 8.42. The van der Waals surface area contributed by atoms with Crippen molar-refractivity contribution >= 4 is 23.1 Å². The normalized spacial score (nSPS) is 18.0. The lowest BCUT2D eigenvalue weighted by atomic mass is 9.95. The van der Waals surface area contributed by atoms with Crippen molar-refractivity contribution in [1.29, 1.82) is 0 Å². The van der Waals surface area contributed by atoms with Crippen molar-refractivity contribution in [3.05, 3.63) is 53.0 Å². The number of aromatic nitrogens is 2. The first kappa shape index (κ1) is 19.1. The quantitative estimate of drug-likeness (QED) is 0.576. The number of hydrogen-bond donors (Lipinski definition) is 0. The van der Waals surface area contributed by atoms with E-state index in [2.05, 4.69) is 14.9 Å². The van der Waals surface area contributed by atoms with Crippen molar-refractivity contribution < 1.29 is 9.72 Å².